The summed E-state index contributed by atoms with van der Waals surface area (Å²) < 4.78 is 15.0. The van der Waals surface area contributed by atoms with E-state index in [0.717, 1.165) is 23.1 Å². The average molecular weight is 488 g/mol. The van der Waals surface area contributed by atoms with Crippen LogP contribution in [0.3, 0.4) is 0 Å². The van der Waals surface area contributed by atoms with Crippen LogP contribution in [0.5, 0.6) is 0 Å². The van der Waals surface area contributed by atoms with Gasteiger partial charge in [-0.25, -0.2) is 14.4 Å². The molecule has 0 aliphatic heterocycles. The van der Waals surface area contributed by atoms with Crippen molar-refractivity contribution in [3.8, 4) is 0 Å². The minimum absolute atomic E-state index is 0.00608. The Balaban J connectivity index is 1.81. The summed E-state index contributed by atoms with van der Waals surface area (Å²) in [5.74, 6) is -2.27. The normalized spacial score (nSPS) is 11.1. The summed E-state index contributed by atoms with van der Waals surface area (Å²) in [7, 11) is 1.10. The molecule has 0 aromatic heterocycles. The zero-order valence-electron chi connectivity index (χ0n) is 19.3. The molecule has 0 saturated heterocycles. The number of nitrogens with zero attached hydrogens (tertiary/aromatic N) is 1. The van der Waals surface area contributed by atoms with Crippen LogP contribution in [0.2, 0.25) is 0 Å². The summed E-state index contributed by atoms with van der Waals surface area (Å²) in [5, 5.41) is 14.2. The van der Waals surface area contributed by atoms with Crippen LogP contribution in [0.25, 0.3) is 0 Å². The molecule has 1 unspecified atom stereocenters. The van der Waals surface area contributed by atoms with Gasteiger partial charge in [-0.05, 0) is 11.1 Å². The minimum Gasteiger partial charge on any atom is -0.479 e. The van der Waals surface area contributed by atoms with Crippen molar-refractivity contribution in [3.63, 3.8) is 0 Å². The Kier molecular flexibility index (Phi) is 11.6. The Hall–Kier alpha value is -4.12. The molecule has 0 fully saturated rings. The molecule has 11 nitrogen and oxygen atoms in total. The van der Waals surface area contributed by atoms with Crippen molar-refractivity contribution in [2.45, 2.75) is 19.3 Å². The molecule has 3 N–H and O–H groups in total. The van der Waals surface area contributed by atoms with E-state index in [1.807, 2.05) is 60.7 Å². The highest BCUT2D eigenvalue weighted by Gasteiger charge is 2.30. The molecular formula is C24H29N3O8. The lowest BCUT2D eigenvalue weighted by Gasteiger charge is -2.25. The van der Waals surface area contributed by atoms with E-state index in [9.17, 15) is 24.3 Å². The molecule has 11 heteroatoms. The van der Waals surface area contributed by atoms with Gasteiger partial charge in [-0.15, -0.1) is 0 Å². The van der Waals surface area contributed by atoms with Gasteiger partial charge in [0.15, 0.2) is 0 Å². The average Bonchev–Trinajstić information content (AvgIpc) is 2.86. The van der Waals surface area contributed by atoms with E-state index in [4.69, 9.17) is 14.2 Å². The molecule has 1 atom stereocenters. The Morgan fingerprint density at radius 3 is 1.60 bits per heavy atom. The lowest BCUT2D eigenvalue weighted by Crippen LogP contribution is -2.49. The number of carbonyl (C=O) groups excluding carboxylic acids is 3. The van der Waals surface area contributed by atoms with Crippen LogP contribution in [0.15, 0.2) is 60.7 Å². The maximum Gasteiger partial charge on any atom is 0.407 e. The number of alkyl carbamates (subject to hydrolysis) is 2. The molecular weight excluding hydrogens is 458 g/mol. The zero-order valence-corrected chi connectivity index (χ0v) is 19.3. The summed E-state index contributed by atoms with van der Waals surface area (Å²) in [4.78, 5) is 49.0. The van der Waals surface area contributed by atoms with E-state index in [0.29, 0.717) is 0 Å². The van der Waals surface area contributed by atoms with Crippen LogP contribution in [0.1, 0.15) is 11.1 Å². The first-order chi connectivity index (χ1) is 16.9. The standard InChI is InChI=1S/C24H29N3O8/c1-33-20(22(29)30)21(28)27(14-12-25-23(31)34-16-18-8-4-2-5-9-18)15-13-26-24(32)35-17-19-10-6-3-7-11-19/h2-11,20H,12-17H2,1H3,(H,25,31)(H,26,32)(H,29,30). The van der Waals surface area contributed by atoms with Gasteiger partial charge in [0.1, 0.15) is 13.2 Å². The smallest absolute Gasteiger partial charge is 0.407 e. The number of hydrogen-bond acceptors (Lipinski definition) is 7. The third kappa shape index (κ3) is 10.1. The number of carbonyl (C=O) groups is 4. The monoisotopic (exact) mass is 487 g/mol. The predicted octanol–water partition coefficient (Wildman–Crippen LogP) is 1.77. The second kappa shape index (κ2) is 14.9. The number of methoxy groups -OCH3 is 1. The molecule has 3 amide bonds. The summed E-state index contributed by atoms with van der Waals surface area (Å²) >= 11 is 0. The predicted molar refractivity (Wildman–Crippen MR) is 124 cm³/mol. The van der Waals surface area contributed by atoms with E-state index in [-0.39, 0.29) is 39.4 Å². The van der Waals surface area contributed by atoms with Crippen molar-refractivity contribution in [3.05, 3.63) is 71.8 Å². The Bertz CT molecular complexity index is 894. The summed E-state index contributed by atoms with van der Waals surface area (Å²) in [6.45, 7) is 0.0756. The fraction of sp³-hybridized carbons (Fsp3) is 0.333. The molecule has 0 heterocycles. The number of nitrogens with one attached hydrogen (secondary N) is 2. The zero-order chi connectivity index (χ0) is 25.5. The van der Waals surface area contributed by atoms with Crippen molar-refractivity contribution in [1.82, 2.24) is 15.5 Å². The first-order valence-corrected chi connectivity index (χ1v) is 10.8. The van der Waals surface area contributed by atoms with Crippen molar-refractivity contribution in [1.29, 1.82) is 0 Å². The van der Waals surface area contributed by atoms with Gasteiger partial charge in [-0.2, -0.15) is 0 Å². The van der Waals surface area contributed by atoms with Gasteiger partial charge in [0.05, 0.1) is 0 Å². The van der Waals surface area contributed by atoms with Crippen molar-refractivity contribution >= 4 is 24.1 Å². The van der Waals surface area contributed by atoms with E-state index >= 15 is 0 Å². The van der Waals surface area contributed by atoms with Gasteiger partial charge in [-0.1, -0.05) is 60.7 Å². The molecule has 0 bridgehead atoms. The van der Waals surface area contributed by atoms with Gasteiger partial charge in [0.2, 0.25) is 6.10 Å². The van der Waals surface area contributed by atoms with E-state index < -0.39 is 30.2 Å². The van der Waals surface area contributed by atoms with Crippen LogP contribution in [0.4, 0.5) is 9.59 Å². The second-order valence-corrected chi connectivity index (χ2v) is 7.26. The summed E-state index contributed by atoms with van der Waals surface area (Å²) in [5.41, 5.74) is 1.63. The van der Waals surface area contributed by atoms with Gasteiger partial charge in [0.25, 0.3) is 5.91 Å². The SMILES string of the molecule is COC(C(=O)O)C(=O)N(CCNC(=O)OCc1ccccc1)CCNC(=O)OCc1ccccc1. The van der Waals surface area contributed by atoms with Gasteiger partial charge in [-0.3, -0.25) is 4.79 Å². The number of amides is 3. The van der Waals surface area contributed by atoms with Crippen LogP contribution in [-0.2, 0) is 37.0 Å². The van der Waals surface area contributed by atoms with Crippen LogP contribution in [0, 0.1) is 0 Å². The first-order valence-electron chi connectivity index (χ1n) is 10.8. The number of rotatable bonds is 13. The van der Waals surface area contributed by atoms with Crippen LogP contribution in [-0.4, -0.2) is 73.5 Å². The molecule has 0 spiro atoms. The maximum absolute atomic E-state index is 12.6. The van der Waals surface area contributed by atoms with E-state index in [1.54, 1.807) is 0 Å². The van der Waals surface area contributed by atoms with Crippen LogP contribution < -0.4 is 10.6 Å². The van der Waals surface area contributed by atoms with Gasteiger partial charge >= 0.3 is 18.2 Å². The third-order valence-corrected chi connectivity index (χ3v) is 4.72. The van der Waals surface area contributed by atoms with Gasteiger partial charge < -0.3 is 34.9 Å². The second-order valence-electron chi connectivity index (χ2n) is 7.26. The molecule has 0 saturated carbocycles. The summed E-state index contributed by atoms with van der Waals surface area (Å²) in [6.07, 6.45) is -3.10. The topological polar surface area (TPSA) is 144 Å². The molecule has 35 heavy (non-hydrogen) atoms. The molecule has 0 aliphatic carbocycles. The Morgan fingerprint density at radius 1 is 0.800 bits per heavy atom. The Labute approximate surface area is 203 Å². The molecule has 188 valence electrons. The molecule has 2 aromatic rings. The van der Waals surface area contributed by atoms with Crippen LogP contribution >= 0.6 is 0 Å². The fourth-order valence-corrected chi connectivity index (χ4v) is 2.94. The summed E-state index contributed by atoms with van der Waals surface area (Å²) in [6, 6.07) is 18.2. The van der Waals surface area contributed by atoms with Gasteiger partial charge in [0, 0.05) is 33.3 Å². The number of benzene rings is 2. The first kappa shape index (κ1) is 27.1. The van der Waals surface area contributed by atoms with Crippen molar-refractivity contribution in [2.75, 3.05) is 33.3 Å². The minimum atomic E-state index is -1.72. The van der Waals surface area contributed by atoms with Crippen molar-refractivity contribution < 1.29 is 38.5 Å². The number of hydrogen-bond donors (Lipinski definition) is 3. The molecule has 2 aromatic carbocycles. The van der Waals surface area contributed by atoms with E-state index in [2.05, 4.69) is 10.6 Å². The lowest BCUT2D eigenvalue weighted by atomic mass is 10.2. The number of carboxylic acid groups (broad SMARTS) is 1. The molecule has 0 radical (unpaired) electrons. The largest absolute Gasteiger partial charge is 0.479 e. The highest BCUT2D eigenvalue weighted by atomic mass is 16.6. The maximum atomic E-state index is 12.6. The molecule has 2 rings (SSSR count). The van der Waals surface area contributed by atoms with E-state index in [1.165, 1.54) is 0 Å². The van der Waals surface area contributed by atoms with Crippen molar-refractivity contribution in [2.24, 2.45) is 0 Å². The lowest BCUT2D eigenvalue weighted by molar-refractivity contribution is -0.159. The quantitative estimate of drug-likeness (QED) is 0.363. The number of carboxylic acids is 1. The highest BCUT2D eigenvalue weighted by Crippen LogP contribution is 2.03. The number of aliphatic carboxylic acids is 1. The Morgan fingerprint density at radius 2 is 1.23 bits per heavy atom. The number of ether oxygens (including phenoxy) is 3. The highest BCUT2D eigenvalue weighted by molar-refractivity contribution is 6.00. The third-order valence-electron chi connectivity index (χ3n) is 4.72. The fourth-order valence-electron chi connectivity index (χ4n) is 2.94. The molecule has 0 aliphatic rings.